The second-order valence-corrected chi connectivity index (χ2v) is 4.80. The molecule has 2 heterocycles. The predicted octanol–water partition coefficient (Wildman–Crippen LogP) is 3.12. The molecule has 0 unspecified atom stereocenters. The molecule has 0 aliphatic rings. The summed E-state index contributed by atoms with van der Waals surface area (Å²) >= 11 is 6.12. The number of pyridine rings is 2. The minimum atomic E-state index is -0.350. The Morgan fingerprint density at radius 3 is 2.81 bits per heavy atom. The van der Waals surface area contributed by atoms with E-state index in [0.717, 1.165) is 5.39 Å². The number of benzene rings is 1. The predicted molar refractivity (Wildman–Crippen MR) is 83.4 cm³/mol. The quantitative estimate of drug-likeness (QED) is 0.761. The lowest BCUT2D eigenvalue weighted by molar-refractivity contribution is 0.102. The Balaban J connectivity index is 1.99. The molecule has 0 radical (unpaired) electrons. The van der Waals surface area contributed by atoms with E-state index < -0.39 is 0 Å². The van der Waals surface area contributed by atoms with Crippen molar-refractivity contribution in [1.82, 2.24) is 9.97 Å². The van der Waals surface area contributed by atoms with Gasteiger partial charge in [-0.2, -0.15) is 0 Å². The van der Waals surface area contributed by atoms with E-state index in [1.165, 1.54) is 0 Å². The number of hydrogen-bond donors (Lipinski definition) is 2. The Morgan fingerprint density at radius 1 is 1.14 bits per heavy atom. The van der Waals surface area contributed by atoms with Gasteiger partial charge in [0.2, 0.25) is 0 Å². The molecule has 21 heavy (non-hydrogen) atoms. The van der Waals surface area contributed by atoms with E-state index in [4.69, 9.17) is 17.3 Å². The summed E-state index contributed by atoms with van der Waals surface area (Å²) in [7, 11) is 0. The molecule has 0 atom stereocenters. The number of halogens is 1. The molecule has 104 valence electrons. The lowest BCUT2D eigenvalue weighted by Gasteiger charge is -2.09. The van der Waals surface area contributed by atoms with Crippen molar-refractivity contribution < 1.29 is 4.79 Å². The molecular formula is C15H11ClN4O. The third-order valence-corrected chi connectivity index (χ3v) is 3.30. The highest BCUT2D eigenvalue weighted by Gasteiger charge is 2.11. The third-order valence-electron chi connectivity index (χ3n) is 2.97. The molecule has 0 aliphatic heterocycles. The fourth-order valence-electron chi connectivity index (χ4n) is 2.00. The summed E-state index contributed by atoms with van der Waals surface area (Å²) < 4.78 is 0. The van der Waals surface area contributed by atoms with E-state index in [-0.39, 0.29) is 11.6 Å². The normalized spacial score (nSPS) is 10.5. The summed E-state index contributed by atoms with van der Waals surface area (Å²) in [6, 6.07) is 12.0. The van der Waals surface area contributed by atoms with E-state index in [0.29, 0.717) is 22.0 Å². The fourth-order valence-corrected chi connectivity index (χ4v) is 2.22. The van der Waals surface area contributed by atoms with Gasteiger partial charge in [0.1, 0.15) is 11.5 Å². The number of hydrogen-bond acceptors (Lipinski definition) is 4. The van der Waals surface area contributed by atoms with Crippen LogP contribution >= 0.6 is 11.6 Å². The summed E-state index contributed by atoms with van der Waals surface area (Å²) in [5, 5.41) is 4.13. The lowest BCUT2D eigenvalue weighted by Crippen LogP contribution is -2.14. The van der Waals surface area contributed by atoms with Crippen molar-refractivity contribution in [2.24, 2.45) is 0 Å². The smallest absolute Gasteiger partial charge is 0.274 e. The monoisotopic (exact) mass is 298 g/mol. The number of carbonyl (C=O) groups excluding carboxylic acids is 1. The van der Waals surface area contributed by atoms with Gasteiger partial charge < -0.3 is 11.1 Å². The number of nitrogens with one attached hydrogen (secondary N) is 1. The van der Waals surface area contributed by atoms with Gasteiger partial charge in [-0.3, -0.25) is 9.78 Å². The Morgan fingerprint density at radius 2 is 2.00 bits per heavy atom. The molecule has 0 bridgehead atoms. The largest absolute Gasteiger partial charge is 0.384 e. The van der Waals surface area contributed by atoms with E-state index in [9.17, 15) is 4.79 Å². The molecule has 3 N–H and O–H groups in total. The first-order valence-electron chi connectivity index (χ1n) is 6.22. The average molecular weight is 299 g/mol. The molecule has 0 fully saturated rings. The number of nitrogens with zero attached hydrogens (tertiary/aromatic N) is 2. The topological polar surface area (TPSA) is 80.9 Å². The minimum Gasteiger partial charge on any atom is -0.384 e. The van der Waals surface area contributed by atoms with Crippen molar-refractivity contribution in [3.8, 4) is 0 Å². The number of carbonyl (C=O) groups is 1. The molecule has 0 aliphatic carbocycles. The van der Waals surface area contributed by atoms with Crippen LogP contribution in [0.15, 0.2) is 48.7 Å². The first kappa shape index (κ1) is 13.3. The van der Waals surface area contributed by atoms with E-state index in [2.05, 4.69) is 15.3 Å². The highest BCUT2D eigenvalue weighted by Crippen LogP contribution is 2.28. The molecule has 0 saturated carbocycles. The summed E-state index contributed by atoms with van der Waals surface area (Å²) in [4.78, 5) is 20.5. The number of fused-ring (bicyclic) bond motifs is 1. The van der Waals surface area contributed by atoms with Crippen molar-refractivity contribution >= 4 is 39.9 Å². The van der Waals surface area contributed by atoms with Gasteiger partial charge in [0, 0.05) is 11.6 Å². The molecule has 3 aromatic rings. The fraction of sp³-hybridized carbons (Fsp3) is 0. The number of rotatable bonds is 2. The second kappa shape index (κ2) is 5.38. The van der Waals surface area contributed by atoms with Crippen LogP contribution in [0.2, 0.25) is 5.02 Å². The number of aromatic nitrogens is 2. The van der Waals surface area contributed by atoms with Crippen molar-refractivity contribution in [2.45, 2.75) is 0 Å². The molecule has 0 spiro atoms. The summed E-state index contributed by atoms with van der Waals surface area (Å²) in [5.74, 6) is -0.0571. The van der Waals surface area contributed by atoms with Crippen molar-refractivity contribution in [3.05, 3.63) is 59.4 Å². The second-order valence-electron chi connectivity index (χ2n) is 4.40. The third kappa shape index (κ3) is 2.64. The zero-order valence-corrected chi connectivity index (χ0v) is 11.6. The average Bonchev–Trinajstić information content (AvgIpc) is 2.50. The van der Waals surface area contributed by atoms with Gasteiger partial charge in [-0.15, -0.1) is 0 Å². The highest BCUT2D eigenvalue weighted by molar-refractivity contribution is 6.36. The maximum absolute atomic E-state index is 12.2. The van der Waals surface area contributed by atoms with Gasteiger partial charge in [-0.1, -0.05) is 17.7 Å². The number of anilines is 2. The van der Waals surface area contributed by atoms with Gasteiger partial charge in [0.05, 0.1) is 16.2 Å². The van der Waals surface area contributed by atoms with E-state index in [1.54, 1.807) is 42.6 Å². The number of nitrogen functional groups attached to an aromatic ring is 1. The van der Waals surface area contributed by atoms with Crippen LogP contribution in [-0.4, -0.2) is 15.9 Å². The molecule has 6 heteroatoms. The van der Waals surface area contributed by atoms with Crippen LogP contribution in [-0.2, 0) is 0 Å². The van der Waals surface area contributed by atoms with Gasteiger partial charge in [-0.25, -0.2) is 4.98 Å². The van der Waals surface area contributed by atoms with Crippen LogP contribution in [0, 0.1) is 0 Å². The Hall–Kier alpha value is -2.66. The maximum Gasteiger partial charge on any atom is 0.274 e. The lowest BCUT2D eigenvalue weighted by atomic mass is 10.2. The zero-order chi connectivity index (χ0) is 14.8. The molecule has 1 amide bonds. The molecule has 3 rings (SSSR count). The van der Waals surface area contributed by atoms with Gasteiger partial charge in [0.25, 0.3) is 5.91 Å². The molecule has 1 aromatic carbocycles. The Labute approximate surface area is 125 Å². The first-order chi connectivity index (χ1) is 10.1. The Kier molecular flexibility index (Phi) is 3.41. The van der Waals surface area contributed by atoms with Crippen LogP contribution in [0.1, 0.15) is 10.5 Å². The number of nitrogens with two attached hydrogens (primary N) is 1. The molecule has 5 nitrogen and oxygen atoms in total. The first-order valence-corrected chi connectivity index (χ1v) is 6.60. The summed E-state index contributed by atoms with van der Waals surface area (Å²) in [5.41, 5.74) is 7.02. The van der Waals surface area contributed by atoms with Crippen LogP contribution in [0.3, 0.4) is 0 Å². The van der Waals surface area contributed by atoms with Crippen LogP contribution in [0.4, 0.5) is 11.5 Å². The van der Waals surface area contributed by atoms with Crippen LogP contribution < -0.4 is 11.1 Å². The van der Waals surface area contributed by atoms with Crippen molar-refractivity contribution in [1.29, 1.82) is 0 Å². The van der Waals surface area contributed by atoms with Crippen molar-refractivity contribution in [2.75, 3.05) is 11.1 Å². The van der Waals surface area contributed by atoms with E-state index in [1.807, 2.05) is 6.07 Å². The van der Waals surface area contributed by atoms with Gasteiger partial charge in [0.15, 0.2) is 0 Å². The van der Waals surface area contributed by atoms with Gasteiger partial charge in [-0.05, 0) is 36.4 Å². The van der Waals surface area contributed by atoms with Gasteiger partial charge >= 0.3 is 0 Å². The standard InChI is InChI=1S/C15H11ClN4O/c16-10-6-7-11(14-9(10)3-2-8-18-14)20-15(21)12-4-1-5-13(17)19-12/h1-8H,(H2,17,19)(H,20,21). The molecule has 0 saturated heterocycles. The zero-order valence-electron chi connectivity index (χ0n) is 10.9. The number of amides is 1. The summed E-state index contributed by atoms with van der Waals surface area (Å²) in [6.45, 7) is 0. The maximum atomic E-state index is 12.2. The van der Waals surface area contributed by atoms with Crippen LogP contribution in [0.25, 0.3) is 10.9 Å². The molecule has 2 aromatic heterocycles. The Bertz CT molecular complexity index is 835. The summed E-state index contributed by atoms with van der Waals surface area (Å²) in [6.07, 6.45) is 1.65. The molecular weight excluding hydrogens is 288 g/mol. The van der Waals surface area contributed by atoms with Crippen LogP contribution in [0.5, 0.6) is 0 Å². The highest BCUT2D eigenvalue weighted by atomic mass is 35.5. The van der Waals surface area contributed by atoms with E-state index >= 15 is 0 Å². The SMILES string of the molecule is Nc1cccc(C(=O)Nc2ccc(Cl)c3cccnc23)n1. The minimum absolute atomic E-state index is 0.244. The van der Waals surface area contributed by atoms with Crippen molar-refractivity contribution in [3.63, 3.8) is 0 Å².